The van der Waals surface area contributed by atoms with Gasteiger partial charge in [0, 0.05) is 16.7 Å². The highest BCUT2D eigenvalue weighted by Crippen LogP contribution is 2.24. The summed E-state index contributed by atoms with van der Waals surface area (Å²) in [5.41, 5.74) is 0.312. The second-order valence-corrected chi connectivity index (χ2v) is 10.4. The van der Waals surface area contributed by atoms with Crippen LogP contribution in [0, 0.1) is 12.8 Å². The molecule has 1 unspecified atom stereocenters. The normalized spacial score (nSPS) is 14.6. The third-order valence-electron chi connectivity index (χ3n) is 4.24. The van der Waals surface area contributed by atoms with Gasteiger partial charge in [-0.05, 0) is 58.9 Å². The maximum atomic E-state index is 12.9. The standard InChI is InChI=1S/C23H29NO4S2/c1-16-11-13-19(14-12-16)30(27)24-17(2)20(15-29-18-9-7-6-8-10-18)21(25)22(26)28-23(3,4)5/h6-14,17,20,24H,15H2,1-5H3/t17-,20+,30?/m0/s1. The molecule has 0 spiro atoms. The fourth-order valence-electron chi connectivity index (χ4n) is 2.61. The Morgan fingerprint density at radius 3 is 2.23 bits per heavy atom. The molecule has 0 bridgehead atoms. The van der Waals surface area contributed by atoms with Crippen LogP contribution in [0.5, 0.6) is 0 Å². The van der Waals surface area contributed by atoms with Gasteiger partial charge >= 0.3 is 5.97 Å². The van der Waals surface area contributed by atoms with Crippen molar-refractivity contribution < 1.29 is 18.5 Å². The van der Waals surface area contributed by atoms with Gasteiger partial charge in [0.05, 0.1) is 10.8 Å². The first kappa shape index (κ1) is 24.3. The SMILES string of the molecule is Cc1ccc(S(=O)N[C@@H](C)[C@@H](CSc2ccccc2)C(=O)C(=O)OC(C)(C)C)cc1. The van der Waals surface area contributed by atoms with Gasteiger partial charge < -0.3 is 4.74 Å². The second-order valence-electron chi connectivity index (χ2n) is 8.09. The summed E-state index contributed by atoms with van der Waals surface area (Å²) in [4.78, 5) is 27.0. The lowest BCUT2D eigenvalue weighted by Crippen LogP contribution is -2.44. The Morgan fingerprint density at radius 1 is 1.07 bits per heavy atom. The Morgan fingerprint density at radius 2 is 1.67 bits per heavy atom. The first-order chi connectivity index (χ1) is 14.1. The first-order valence-corrected chi connectivity index (χ1v) is 11.9. The number of Topliss-reactive ketones (excluding diaryl/α,β-unsaturated/α-hetero) is 1. The van der Waals surface area contributed by atoms with Crippen LogP contribution in [-0.2, 0) is 25.3 Å². The van der Waals surface area contributed by atoms with Crippen LogP contribution in [0.1, 0.15) is 33.3 Å². The average Bonchev–Trinajstić information content (AvgIpc) is 2.68. The highest BCUT2D eigenvalue weighted by molar-refractivity contribution is 7.99. The summed E-state index contributed by atoms with van der Waals surface area (Å²) in [5, 5.41) is 0. The van der Waals surface area contributed by atoms with Crippen molar-refractivity contribution in [1.82, 2.24) is 4.72 Å². The molecule has 0 amide bonds. The number of hydrogen-bond acceptors (Lipinski definition) is 5. The van der Waals surface area contributed by atoms with E-state index in [-0.39, 0.29) is 0 Å². The topological polar surface area (TPSA) is 72.5 Å². The summed E-state index contributed by atoms with van der Waals surface area (Å²) >= 11 is 1.48. The van der Waals surface area contributed by atoms with Gasteiger partial charge in [-0.15, -0.1) is 11.8 Å². The Labute approximate surface area is 185 Å². The van der Waals surface area contributed by atoms with Gasteiger partial charge in [0.1, 0.15) is 16.6 Å². The van der Waals surface area contributed by atoms with Crippen LogP contribution >= 0.6 is 11.8 Å². The summed E-state index contributed by atoms with van der Waals surface area (Å²) in [6.07, 6.45) is 0. The van der Waals surface area contributed by atoms with E-state index in [1.165, 1.54) is 11.8 Å². The fraction of sp³-hybridized carbons (Fsp3) is 0.391. The zero-order valence-corrected chi connectivity index (χ0v) is 19.6. The molecule has 0 heterocycles. The van der Waals surface area contributed by atoms with E-state index in [0.29, 0.717) is 10.6 Å². The fourth-order valence-corrected chi connectivity index (χ4v) is 4.79. The van der Waals surface area contributed by atoms with E-state index in [9.17, 15) is 13.8 Å². The van der Waals surface area contributed by atoms with Gasteiger partial charge in [0.25, 0.3) is 0 Å². The Kier molecular flexibility index (Phi) is 8.82. The molecular weight excluding hydrogens is 418 g/mol. The van der Waals surface area contributed by atoms with E-state index in [1.807, 2.05) is 49.4 Å². The van der Waals surface area contributed by atoms with Crippen molar-refractivity contribution in [3.05, 3.63) is 60.2 Å². The number of carbonyl (C=O) groups is 2. The van der Waals surface area contributed by atoms with Crippen molar-refractivity contribution >= 4 is 34.5 Å². The zero-order valence-electron chi connectivity index (χ0n) is 18.0. The van der Waals surface area contributed by atoms with E-state index in [2.05, 4.69) is 4.72 Å². The van der Waals surface area contributed by atoms with E-state index in [4.69, 9.17) is 4.74 Å². The molecule has 0 saturated carbocycles. The second kappa shape index (κ2) is 10.9. The maximum Gasteiger partial charge on any atom is 0.375 e. The molecule has 0 saturated heterocycles. The molecule has 0 radical (unpaired) electrons. The van der Waals surface area contributed by atoms with Crippen molar-refractivity contribution in [2.75, 3.05) is 5.75 Å². The zero-order chi connectivity index (χ0) is 22.3. The first-order valence-electron chi connectivity index (χ1n) is 9.76. The number of benzene rings is 2. The molecule has 2 aromatic carbocycles. The van der Waals surface area contributed by atoms with Crippen LogP contribution in [0.15, 0.2) is 64.4 Å². The lowest BCUT2D eigenvalue weighted by Gasteiger charge is -2.25. The predicted octanol–water partition coefficient (Wildman–Crippen LogP) is 4.32. The summed E-state index contributed by atoms with van der Waals surface area (Å²) < 4.78 is 21.0. The van der Waals surface area contributed by atoms with E-state index in [1.54, 1.807) is 39.8 Å². The molecule has 7 heteroatoms. The highest BCUT2D eigenvalue weighted by Gasteiger charge is 2.34. The number of ketones is 1. The highest BCUT2D eigenvalue weighted by atomic mass is 32.2. The van der Waals surface area contributed by atoms with Crippen molar-refractivity contribution in [3.63, 3.8) is 0 Å². The lowest BCUT2D eigenvalue weighted by atomic mass is 9.99. The number of carbonyl (C=O) groups excluding carboxylic acids is 2. The minimum atomic E-state index is -1.50. The monoisotopic (exact) mass is 447 g/mol. The molecule has 2 rings (SSSR count). The number of aryl methyl sites for hydroxylation is 1. The number of ether oxygens (including phenoxy) is 1. The number of rotatable bonds is 9. The molecule has 0 aliphatic carbocycles. The van der Waals surface area contributed by atoms with Crippen LogP contribution in [0.25, 0.3) is 0 Å². The third-order valence-corrected chi connectivity index (χ3v) is 6.66. The third kappa shape index (κ3) is 7.70. The molecule has 5 nitrogen and oxygen atoms in total. The van der Waals surface area contributed by atoms with Crippen LogP contribution in [0.3, 0.4) is 0 Å². The number of hydrogen-bond donors (Lipinski definition) is 1. The molecular formula is C23H29NO4S2. The van der Waals surface area contributed by atoms with Crippen LogP contribution in [0.2, 0.25) is 0 Å². The minimum Gasteiger partial charge on any atom is -0.454 e. The summed E-state index contributed by atoms with van der Waals surface area (Å²) in [6.45, 7) is 8.89. The summed E-state index contributed by atoms with van der Waals surface area (Å²) in [7, 11) is -1.50. The molecule has 3 atom stereocenters. The van der Waals surface area contributed by atoms with E-state index >= 15 is 0 Å². The van der Waals surface area contributed by atoms with Crippen LogP contribution in [-0.4, -0.2) is 33.4 Å². The summed E-state index contributed by atoms with van der Waals surface area (Å²) in [5.74, 6) is -1.81. The quantitative estimate of drug-likeness (QED) is 0.352. The Hall–Kier alpha value is -1.96. The molecule has 0 aliphatic heterocycles. The predicted molar refractivity (Wildman–Crippen MR) is 122 cm³/mol. The van der Waals surface area contributed by atoms with E-state index in [0.717, 1.165) is 10.5 Å². The van der Waals surface area contributed by atoms with Crippen molar-refractivity contribution in [3.8, 4) is 0 Å². The molecule has 2 aromatic rings. The van der Waals surface area contributed by atoms with Gasteiger partial charge in [-0.25, -0.2) is 13.7 Å². The Bertz CT molecular complexity index is 876. The van der Waals surface area contributed by atoms with Gasteiger partial charge in [-0.2, -0.15) is 0 Å². The number of thioether (sulfide) groups is 1. The molecule has 0 aliphatic rings. The van der Waals surface area contributed by atoms with E-state index < -0.39 is 40.3 Å². The van der Waals surface area contributed by atoms with Crippen LogP contribution < -0.4 is 4.72 Å². The molecule has 162 valence electrons. The van der Waals surface area contributed by atoms with Crippen LogP contribution in [0.4, 0.5) is 0 Å². The maximum absolute atomic E-state index is 12.9. The molecule has 0 aromatic heterocycles. The Balaban J connectivity index is 2.15. The van der Waals surface area contributed by atoms with Gasteiger partial charge in [-0.3, -0.25) is 4.79 Å². The minimum absolute atomic E-state index is 0.362. The largest absolute Gasteiger partial charge is 0.454 e. The summed E-state index contributed by atoms with van der Waals surface area (Å²) in [6, 6.07) is 16.5. The molecule has 1 N–H and O–H groups in total. The number of nitrogens with one attached hydrogen (secondary N) is 1. The molecule has 0 fully saturated rings. The van der Waals surface area contributed by atoms with Gasteiger partial charge in [0.2, 0.25) is 5.78 Å². The average molecular weight is 448 g/mol. The van der Waals surface area contributed by atoms with Crippen molar-refractivity contribution in [2.24, 2.45) is 5.92 Å². The number of esters is 1. The van der Waals surface area contributed by atoms with Crippen molar-refractivity contribution in [2.45, 2.75) is 56.1 Å². The molecule has 30 heavy (non-hydrogen) atoms. The van der Waals surface area contributed by atoms with Gasteiger partial charge in [0.15, 0.2) is 0 Å². The van der Waals surface area contributed by atoms with Crippen molar-refractivity contribution in [1.29, 1.82) is 0 Å². The smallest absolute Gasteiger partial charge is 0.375 e. The lowest BCUT2D eigenvalue weighted by molar-refractivity contribution is -0.164. The van der Waals surface area contributed by atoms with Gasteiger partial charge in [-0.1, -0.05) is 35.9 Å².